The van der Waals surface area contributed by atoms with Crippen LogP contribution in [0.25, 0.3) is 17.0 Å². The Balaban J connectivity index is 2.27. The predicted octanol–water partition coefficient (Wildman–Crippen LogP) is 4.48. The summed E-state index contributed by atoms with van der Waals surface area (Å²) in [5.41, 5.74) is 2.41. The Hall–Kier alpha value is -2.86. The molecule has 5 nitrogen and oxygen atoms in total. The molecule has 0 aliphatic heterocycles. The molecular weight excluding hydrogens is 398 g/mol. The summed E-state index contributed by atoms with van der Waals surface area (Å²) in [6.45, 7) is 1.83. The number of aliphatic carboxylic acids is 1. The molecule has 0 spiro atoms. The summed E-state index contributed by atoms with van der Waals surface area (Å²) in [6, 6.07) is 15.4. The number of carboxylic acids is 1. The van der Waals surface area contributed by atoms with Crippen molar-refractivity contribution in [3.63, 3.8) is 0 Å². The lowest BCUT2D eigenvalue weighted by atomic mass is 10.2. The van der Waals surface area contributed by atoms with Gasteiger partial charge in [0.25, 0.3) is 0 Å². The number of carbonyl (C=O) groups is 2. The third kappa shape index (κ3) is 3.86. The van der Waals surface area contributed by atoms with E-state index in [0.717, 1.165) is 27.0 Å². The van der Waals surface area contributed by atoms with Gasteiger partial charge in [0.1, 0.15) is 0 Å². The van der Waals surface area contributed by atoms with Crippen molar-refractivity contribution in [3.05, 3.63) is 70.3 Å². The smallest absolute Gasteiger partial charge is 0.328 e. The highest BCUT2D eigenvalue weighted by Crippen LogP contribution is 2.36. The lowest BCUT2D eigenvalue weighted by molar-refractivity contribution is -0.132. The third-order valence-electron chi connectivity index (χ3n) is 3.83. The molecule has 26 heavy (non-hydrogen) atoms. The molecule has 2 aromatic carbocycles. The quantitative estimate of drug-likeness (QED) is 0.494. The van der Waals surface area contributed by atoms with Gasteiger partial charge in [-0.2, -0.15) is 0 Å². The first-order valence-electron chi connectivity index (χ1n) is 7.91. The van der Waals surface area contributed by atoms with Crippen molar-refractivity contribution in [3.8, 4) is 5.75 Å². The van der Waals surface area contributed by atoms with Crippen molar-refractivity contribution < 1.29 is 19.4 Å². The van der Waals surface area contributed by atoms with Gasteiger partial charge in [0, 0.05) is 29.4 Å². The summed E-state index contributed by atoms with van der Waals surface area (Å²) < 4.78 is 8.24. The van der Waals surface area contributed by atoms with Gasteiger partial charge in [-0.3, -0.25) is 4.79 Å². The minimum absolute atomic E-state index is 0.355. The van der Waals surface area contributed by atoms with E-state index >= 15 is 0 Å². The van der Waals surface area contributed by atoms with Gasteiger partial charge in [-0.25, -0.2) is 4.79 Å². The summed E-state index contributed by atoms with van der Waals surface area (Å²) in [4.78, 5) is 22.6. The van der Waals surface area contributed by atoms with E-state index in [9.17, 15) is 9.59 Å². The summed E-state index contributed by atoms with van der Waals surface area (Å²) in [7, 11) is 0. The van der Waals surface area contributed by atoms with Crippen molar-refractivity contribution in [1.29, 1.82) is 0 Å². The molecule has 0 bridgehead atoms. The molecule has 3 rings (SSSR count). The van der Waals surface area contributed by atoms with Crippen molar-refractivity contribution in [2.45, 2.75) is 13.5 Å². The highest BCUT2D eigenvalue weighted by molar-refractivity contribution is 9.10. The molecule has 0 radical (unpaired) electrons. The Morgan fingerprint density at radius 3 is 2.58 bits per heavy atom. The fraction of sp³-hybridized carbons (Fsp3) is 0.100. The molecule has 3 aromatic rings. The molecule has 0 fully saturated rings. The second kappa shape index (κ2) is 7.58. The number of benzene rings is 2. The number of hydrogen-bond donors (Lipinski definition) is 1. The lowest BCUT2D eigenvalue weighted by Gasteiger charge is -2.09. The zero-order chi connectivity index (χ0) is 18.7. The Labute approximate surface area is 158 Å². The second-order valence-corrected chi connectivity index (χ2v) is 6.63. The molecule has 0 unspecified atom stereocenters. The van der Waals surface area contributed by atoms with Gasteiger partial charge < -0.3 is 14.4 Å². The monoisotopic (exact) mass is 413 g/mol. The summed E-state index contributed by atoms with van der Waals surface area (Å²) in [6.07, 6.45) is 2.50. The van der Waals surface area contributed by atoms with Crippen molar-refractivity contribution in [1.82, 2.24) is 4.57 Å². The number of carbonyl (C=O) groups excluding carboxylic acids is 1. The molecule has 0 aliphatic carbocycles. The number of aromatic nitrogens is 1. The van der Waals surface area contributed by atoms with Gasteiger partial charge in [0.15, 0.2) is 5.75 Å². The van der Waals surface area contributed by atoms with Crippen LogP contribution in [0.5, 0.6) is 5.75 Å². The van der Waals surface area contributed by atoms with Crippen LogP contribution < -0.4 is 4.74 Å². The highest BCUT2D eigenvalue weighted by Gasteiger charge is 2.19. The molecule has 0 aliphatic rings. The topological polar surface area (TPSA) is 68.5 Å². The van der Waals surface area contributed by atoms with Crippen LogP contribution in [0.15, 0.2) is 59.1 Å². The van der Waals surface area contributed by atoms with Crippen LogP contribution in [0.2, 0.25) is 0 Å². The standard InChI is InChI=1S/C20H16BrNO4/c1-13(23)26-20-16-8-7-15(21)11-18(16)22(17(20)9-10-19(24)25)12-14-5-3-2-4-6-14/h2-11H,12H2,1H3,(H,24,25)/b10-9+. The van der Waals surface area contributed by atoms with E-state index in [1.54, 1.807) is 0 Å². The second-order valence-electron chi connectivity index (χ2n) is 5.71. The Kier molecular flexibility index (Phi) is 5.23. The molecule has 0 amide bonds. The maximum absolute atomic E-state index is 11.6. The van der Waals surface area contributed by atoms with E-state index in [1.165, 1.54) is 13.0 Å². The first-order valence-corrected chi connectivity index (χ1v) is 8.70. The Bertz CT molecular complexity index is 1010. The lowest BCUT2D eigenvalue weighted by Crippen LogP contribution is -2.05. The summed E-state index contributed by atoms with van der Waals surface area (Å²) in [5.74, 6) is -1.18. The minimum Gasteiger partial charge on any atom is -0.478 e. The number of fused-ring (bicyclic) bond motifs is 1. The fourth-order valence-electron chi connectivity index (χ4n) is 2.81. The number of rotatable bonds is 5. The zero-order valence-corrected chi connectivity index (χ0v) is 15.6. The van der Waals surface area contributed by atoms with E-state index in [4.69, 9.17) is 9.84 Å². The maximum atomic E-state index is 11.6. The average Bonchev–Trinajstić information content (AvgIpc) is 2.86. The highest BCUT2D eigenvalue weighted by atomic mass is 79.9. The summed E-state index contributed by atoms with van der Waals surface area (Å²) >= 11 is 3.47. The van der Waals surface area contributed by atoms with Crippen molar-refractivity contribution in [2.24, 2.45) is 0 Å². The first-order chi connectivity index (χ1) is 12.5. The normalized spacial score (nSPS) is 11.2. The maximum Gasteiger partial charge on any atom is 0.328 e. The van der Waals surface area contributed by atoms with Crippen LogP contribution in [-0.2, 0) is 16.1 Å². The molecule has 1 N–H and O–H groups in total. The van der Waals surface area contributed by atoms with Crippen LogP contribution in [0.3, 0.4) is 0 Å². The van der Waals surface area contributed by atoms with Gasteiger partial charge in [-0.15, -0.1) is 0 Å². The molecule has 132 valence electrons. The Morgan fingerprint density at radius 2 is 1.92 bits per heavy atom. The fourth-order valence-corrected chi connectivity index (χ4v) is 3.16. The molecule has 1 heterocycles. The molecule has 1 aromatic heterocycles. The summed E-state index contributed by atoms with van der Waals surface area (Å²) in [5, 5.41) is 9.78. The number of esters is 1. The van der Waals surface area contributed by atoms with E-state index in [2.05, 4.69) is 15.9 Å². The van der Waals surface area contributed by atoms with Crippen LogP contribution in [0.1, 0.15) is 18.2 Å². The minimum atomic E-state index is -1.07. The number of ether oxygens (including phenoxy) is 1. The van der Waals surface area contributed by atoms with Gasteiger partial charge in [0.05, 0.1) is 11.2 Å². The third-order valence-corrected chi connectivity index (χ3v) is 4.32. The van der Waals surface area contributed by atoms with Crippen LogP contribution in [0.4, 0.5) is 0 Å². The molecule has 6 heteroatoms. The van der Waals surface area contributed by atoms with Crippen molar-refractivity contribution in [2.75, 3.05) is 0 Å². The van der Waals surface area contributed by atoms with E-state index in [-0.39, 0.29) is 0 Å². The van der Waals surface area contributed by atoms with Crippen LogP contribution in [-0.4, -0.2) is 21.6 Å². The molecular formula is C20H16BrNO4. The van der Waals surface area contributed by atoms with Gasteiger partial charge >= 0.3 is 11.9 Å². The molecule has 0 atom stereocenters. The van der Waals surface area contributed by atoms with Gasteiger partial charge in [-0.05, 0) is 29.8 Å². The number of halogens is 1. The largest absolute Gasteiger partial charge is 0.478 e. The van der Waals surface area contributed by atoms with E-state index in [1.807, 2.05) is 53.1 Å². The zero-order valence-electron chi connectivity index (χ0n) is 14.0. The van der Waals surface area contributed by atoms with Crippen molar-refractivity contribution >= 4 is 44.8 Å². The first kappa shape index (κ1) is 17.9. The van der Waals surface area contributed by atoms with E-state index < -0.39 is 11.9 Å². The number of hydrogen-bond acceptors (Lipinski definition) is 3. The van der Waals surface area contributed by atoms with Crippen LogP contribution in [0, 0.1) is 0 Å². The SMILES string of the molecule is CC(=O)Oc1c(/C=C/C(=O)O)n(Cc2ccccc2)c2cc(Br)ccc12. The van der Waals surface area contributed by atoms with Gasteiger partial charge in [0.2, 0.25) is 0 Å². The number of nitrogens with zero attached hydrogens (tertiary/aromatic N) is 1. The average molecular weight is 414 g/mol. The predicted molar refractivity (Wildman–Crippen MR) is 103 cm³/mol. The number of carboxylic acid groups (broad SMARTS) is 1. The van der Waals surface area contributed by atoms with Crippen LogP contribution >= 0.6 is 15.9 Å². The van der Waals surface area contributed by atoms with E-state index in [0.29, 0.717) is 18.0 Å². The Morgan fingerprint density at radius 1 is 1.19 bits per heavy atom. The van der Waals surface area contributed by atoms with Gasteiger partial charge in [-0.1, -0.05) is 46.3 Å². The molecule has 0 saturated carbocycles. The molecule has 0 saturated heterocycles.